The van der Waals surface area contributed by atoms with E-state index in [2.05, 4.69) is 15.5 Å². The second-order valence-electron chi connectivity index (χ2n) is 7.12. The molecule has 3 aromatic carbocycles. The molecule has 1 atom stereocenters. The molecule has 0 aliphatic heterocycles. The number of hydrogen-bond donors (Lipinski definition) is 1. The summed E-state index contributed by atoms with van der Waals surface area (Å²) in [6.07, 6.45) is 0. The maximum absolute atomic E-state index is 12.6. The normalized spacial score (nSPS) is 11.6. The van der Waals surface area contributed by atoms with Gasteiger partial charge in [-0.2, -0.15) is 0 Å². The number of thioether (sulfide) groups is 1. The number of ether oxygens (including phenoxy) is 2. The Morgan fingerprint density at radius 3 is 2.48 bits per heavy atom. The number of anilines is 1. The predicted octanol–water partition coefficient (Wildman–Crippen LogP) is 5.44. The van der Waals surface area contributed by atoms with Gasteiger partial charge in [-0.1, -0.05) is 54.2 Å². The van der Waals surface area contributed by atoms with Crippen molar-refractivity contribution in [1.82, 2.24) is 10.2 Å². The van der Waals surface area contributed by atoms with Crippen LogP contribution in [0.3, 0.4) is 0 Å². The van der Waals surface area contributed by atoms with Gasteiger partial charge in [0.25, 0.3) is 11.1 Å². The fraction of sp³-hybridized carbons (Fsp3) is 0.160. The Morgan fingerprint density at radius 1 is 1.00 bits per heavy atom. The first kappa shape index (κ1) is 22.4. The van der Waals surface area contributed by atoms with Crippen LogP contribution in [-0.4, -0.2) is 28.5 Å². The van der Waals surface area contributed by atoms with E-state index in [0.717, 1.165) is 11.3 Å². The van der Waals surface area contributed by atoms with Crippen molar-refractivity contribution in [3.05, 3.63) is 84.4 Å². The molecule has 0 unspecified atom stereocenters. The number of para-hydroxylation sites is 1. The molecule has 1 amide bonds. The zero-order chi connectivity index (χ0) is 23.0. The zero-order valence-corrected chi connectivity index (χ0v) is 19.0. The van der Waals surface area contributed by atoms with Crippen LogP contribution in [0.1, 0.15) is 12.5 Å². The molecule has 7 nitrogen and oxygen atoms in total. The van der Waals surface area contributed by atoms with Crippen LogP contribution >= 0.6 is 11.8 Å². The molecule has 0 aliphatic carbocycles. The Morgan fingerprint density at radius 2 is 1.73 bits per heavy atom. The lowest BCUT2D eigenvalue weighted by Gasteiger charge is -2.11. The van der Waals surface area contributed by atoms with Crippen LogP contribution in [0.4, 0.5) is 5.69 Å². The van der Waals surface area contributed by atoms with E-state index in [-0.39, 0.29) is 5.91 Å². The summed E-state index contributed by atoms with van der Waals surface area (Å²) in [4.78, 5) is 12.6. The number of hydrogen-bond acceptors (Lipinski definition) is 7. The van der Waals surface area contributed by atoms with Crippen molar-refractivity contribution in [3.8, 4) is 23.0 Å². The van der Waals surface area contributed by atoms with E-state index >= 15 is 0 Å². The number of carbonyl (C=O) groups excluding carboxylic acids is 1. The number of rotatable bonds is 9. The van der Waals surface area contributed by atoms with Gasteiger partial charge in [-0.05, 0) is 48.9 Å². The molecule has 0 saturated heterocycles. The lowest BCUT2D eigenvalue weighted by Crippen LogP contribution is -2.22. The fourth-order valence-corrected chi connectivity index (χ4v) is 3.70. The van der Waals surface area contributed by atoms with Gasteiger partial charge in [0, 0.05) is 5.69 Å². The molecule has 0 spiro atoms. The van der Waals surface area contributed by atoms with Crippen LogP contribution in [0.25, 0.3) is 11.5 Å². The van der Waals surface area contributed by atoms with E-state index in [4.69, 9.17) is 13.9 Å². The molecule has 4 aromatic rings. The SMILES string of the molecule is COc1ccccc1-c1nnc(S[C@H](C)C(=O)Nc2ccc(OCc3ccccc3)cc2)o1. The van der Waals surface area contributed by atoms with E-state index in [1.165, 1.54) is 11.8 Å². The van der Waals surface area contributed by atoms with Crippen LogP contribution in [-0.2, 0) is 11.4 Å². The van der Waals surface area contributed by atoms with Crippen molar-refractivity contribution >= 4 is 23.4 Å². The van der Waals surface area contributed by atoms with Crippen LogP contribution < -0.4 is 14.8 Å². The standard InChI is InChI=1S/C25H23N3O4S/c1-17(33-25-28-27-24(32-25)21-10-6-7-11-22(21)30-2)23(29)26-19-12-14-20(15-13-19)31-16-18-8-4-3-5-9-18/h3-15,17H,16H2,1-2H3,(H,26,29)/t17-/m1/s1. The van der Waals surface area contributed by atoms with Gasteiger partial charge in [0.2, 0.25) is 5.91 Å². The molecule has 0 radical (unpaired) electrons. The van der Waals surface area contributed by atoms with Crippen LogP contribution in [0, 0.1) is 0 Å². The largest absolute Gasteiger partial charge is 0.496 e. The molecule has 168 valence electrons. The third-order valence-electron chi connectivity index (χ3n) is 4.76. The molecule has 8 heteroatoms. The summed E-state index contributed by atoms with van der Waals surface area (Å²) in [5.74, 6) is 1.54. The number of amides is 1. The summed E-state index contributed by atoms with van der Waals surface area (Å²) in [6.45, 7) is 2.27. The molecule has 0 aliphatic rings. The number of carbonyl (C=O) groups is 1. The van der Waals surface area contributed by atoms with Gasteiger partial charge in [-0.25, -0.2) is 0 Å². The van der Waals surface area contributed by atoms with Crippen molar-refractivity contribution in [1.29, 1.82) is 0 Å². The fourth-order valence-electron chi connectivity index (χ4n) is 3.01. The highest BCUT2D eigenvalue weighted by molar-refractivity contribution is 8.00. The molecular weight excluding hydrogens is 438 g/mol. The Hall–Kier alpha value is -3.78. The van der Waals surface area contributed by atoms with Gasteiger partial charge in [0.05, 0.1) is 17.9 Å². The van der Waals surface area contributed by atoms with E-state index in [9.17, 15) is 4.79 Å². The molecule has 0 fully saturated rings. The Labute approximate surface area is 196 Å². The Kier molecular flexibility index (Phi) is 7.26. The molecule has 1 aromatic heterocycles. The quantitative estimate of drug-likeness (QED) is 0.332. The minimum absolute atomic E-state index is 0.171. The molecule has 33 heavy (non-hydrogen) atoms. The third-order valence-corrected chi connectivity index (χ3v) is 5.70. The lowest BCUT2D eigenvalue weighted by atomic mass is 10.2. The average Bonchev–Trinajstić information content (AvgIpc) is 3.32. The van der Waals surface area contributed by atoms with Gasteiger partial charge in [-0.3, -0.25) is 4.79 Å². The highest BCUT2D eigenvalue weighted by atomic mass is 32.2. The van der Waals surface area contributed by atoms with Gasteiger partial charge < -0.3 is 19.2 Å². The highest BCUT2D eigenvalue weighted by Gasteiger charge is 2.20. The minimum atomic E-state index is -0.440. The third kappa shape index (κ3) is 5.93. The summed E-state index contributed by atoms with van der Waals surface area (Å²) < 4.78 is 16.8. The second kappa shape index (κ2) is 10.7. The monoisotopic (exact) mass is 461 g/mol. The van der Waals surface area contributed by atoms with E-state index in [0.29, 0.717) is 34.7 Å². The van der Waals surface area contributed by atoms with Crippen molar-refractivity contribution in [2.24, 2.45) is 0 Å². The molecule has 0 saturated carbocycles. The average molecular weight is 462 g/mol. The molecule has 1 heterocycles. The maximum atomic E-state index is 12.6. The van der Waals surface area contributed by atoms with E-state index in [1.807, 2.05) is 78.9 Å². The zero-order valence-electron chi connectivity index (χ0n) is 18.2. The lowest BCUT2D eigenvalue weighted by molar-refractivity contribution is -0.115. The predicted molar refractivity (Wildman–Crippen MR) is 127 cm³/mol. The molecule has 4 rings (SSSR count). The van der Waals surface area contributed by atoms with Crippen molar-refractivity contribution in [2.75, 3.05) is 12.4 Å². The van der Waals surface area contributed by atoms with E-state index < -0.39 is 5.25 Å². The second-order valence-corrected chi connectivity index (χ2v) is 8.41. The summed E-state index contributed by atoms with van der Waals surface area (Å²) in [5.41, 5.74) is 2.47. The Bertz CT molecular complexity index is 1200. The van der Waals surface area contributed by atoms with Gasteiger partial charge >= 0.3 is 0 Å². The first-order valence-corrected chi connectivity index (χ1v) is 11.2. The molecule has 1 N–H and O–H groups in total. The minimum Gasteiger partial charge on any atom is -0.496 e. The van der Waals surface area contributed by atoms with Crippen LogP contribution in [0.2, 0.25) is 0 Å². The summed E-state index contributed by atoms with van der Waals surface area (Å²) in [6, 6.07) is 24.6. The smallest absolute Gasteiger partial charge is 0.277 e. The first-order chi connectivity index (χ1) is 16.1. The van der Waals surface area contributed by atoms with Crippen LogP contribution in [0.5, 0.6) is 11.5 Å². The topological polar surface area (TPSA) is 86.5 Å². The van der Waals surface area contributed by atoms with Gasteiger partial charge in [-0.15, -0.1) is 10.2 Å². The highest BCUT2D eigenvalue weighted by Crippen LogP contribution is 2.31. The number of benzene rings is 3. The van der Waals surface area contributed by atoms with Crippen molar-refractivity contribution < 1.29 is 18.7 Å². The van der Waals surface area contributed by atoms with Gasteiger partial charge in [0.15, 0.2) is 0 Å². The number of methoxy groups -OCH3 is 1. The van der Waals surface area contributed by atoms with Crippen molar-refractivity contribution in [2.45, 2.75) is 24.0 Å². The number of nitrogens with one attached hydrogen (secondary N) is 1. The summed E-state index contributed by atoms with van der Waals surface area (Å²) >= 11 is 1.19. The Balaban J connectivity index is 1.31. The van der Waals surface area contributed by atoms with Crippen LogP contribution in [0.15, 0.2) is 88.5 Å². The summed E-state index contributed by atoms with van der Waals surface area (Å²) in [5, 5.41) is 10.9. The number of nitrogens with zero attached hydrogens (tertiary/aromatic N) is 2. The summed E-state index contributed by atoms with van der Waals surface area (Å²) in [7, 11) is 1.58. The van der Waals surface area contributed by atoms with Gasteiger partial charge in [0.1, 0.15) is 18.1 Å². The number of aromatic nitrogens is 2. The van der Waals surface area contributed by atoms with Crippen molar-refractivity contribution in [3.63, 3.8) is 0 Å². The van der Waals surface area contributed by atoms with E-state index in [1.54, 1.807) is 14.0 Å². The maximum Gasteiger partial charge on any atom is 0.277 e. The molecular formula is C25H23N3O4S. The first-order valence-electron chi connectivity index (χ1n) is 10.3. The molecule has 0 bridgehead atoms.